The molecule has 0 aliphatic carbocycles. The van der Waals surface area contributed by atoms with E-state index in [-0.39, 0.29) is 17.7 Å². The predicted molar refractivity (Wildman–Crippen MR) is 76.9 cm³/mol. The van der Waals surface area contributed by atoms with Gasteiger partial charge in [-0.3, -0.25) is 14.3 Å². The molecular weight excluding hydrogens is 277 g/mol. The van der Waals surface area contributed by atoms with Crippen molar-refractivity contribution in [1.29, 1.82) is 0 Å². The molecule has 0 saturated carbocycles. The van der Waals surface area contributed by atoms with Crippen LogP contribution in [0.5, 0.6) is 5.88 Å². The number of benzene rings is 1. The first-order valence-corrected chi connectivity index (χ1v) is 6.37. The van der Waals surface area contributed by atoms with Crippen molar-refractivity contribution >= 4 is 0 Å². The van der Waals surface area contributed by atoms with Crippen LogP contribution >= 0.6 is 0 Å². The number of halogens is 1. The summed E-state index contributed by atoms with van der Waals surface area (Å²) in [6.07, 6.45) is 0. The number of hydrogen-bond acceptors (Lipinski definition) is 4. The van der Waals surface area contributed by atoms with Gasteiger partial charge in [-0.2, -0.15) is 0 Å². The third-order valence-corrected chi connectivity index (χ3v) is 3.06. The Labute approximate surface area is 120 Å². The van der Waals surface area contributed by atoms with Crippen LogP contribution in [0.3, 0.4) is 0 Å². The first-order valence-electron chi connectivity index (χ1n) is 6.37. The lowest BCUT2D eigenvalue weighted by molar-refractivity contribution is 0.347. The lowest BCUT2D eigenvalue weighted by Gasteiger charge is -2.14. The minimum atomic E-state index is -0.746. The first-order chi connectivity index (χ1) is 9.90. The van der Waals surface area contributed by atoms with Gasteiger partial charge in [0.2, 0.25) is 5.88 Å². The molecule has 1 aromatic carbocycles. The van der Waals surface area contributed by atoms with Gasteiger partial charge in [-0.1, -0.05) is 12.1 Å². The standard InChI is InChI=1S/C14H16FN3O3/c1-17(2)6-7-18-13(20)11(12(19)16-14(18)21)9-4-3-5-10(15)8-9/h3-5,8,20H,6-7H2,1-2H3,(H,16,19,21). The number of aromatic amines is 1. The molecule has 112 valence electrons. The molecule has 0 fully saturated rings. The summed E-state index contributed by atoms with van der Waals surface area (Å²) in [5.74, 6) is -0.992. The lowest BCUT2D eigenvalue weighted by atomic mass is 10.1. The second-order valence-electron chi connectivity index (χ2n) is 4.92. The summed E-state index contributed by atoms with van der Waals surface area (Å²) in [5, 5.41) is 10.2. The number of rotatable bonds is 4. The zero-order valence-corrected chi connectivity index (χ0v) is 11.8. The van der Waals surface area contributed by atoms with Gasteiger partial charge >= 0.3 is 5.69 Å². The monoisotopic (exact) mass is 293 g/mol. The molecule has 0 amide bonds. The summed E-state index contributed by atoms with van der Waals surface area (Å²) in [5.41, 5.74) is -1.34. The van der Waals surface area contributed by atoms with Gasteiger partial charge in [-0.25, -0.2) is 9.18 Å². The molecule has 0 aliphatic heterocycles. The minimum absolute atomic E-state index is 0.118. The molecule has 0 spiro atoms. The second kappa shape index (κ2) is 5.92. The van der Waals surface area contributed by atoms with E-state index in [2.05, 4.69) is 4.98 Å². The zero-order valence-electron chi connectivity index (χ0n) is 11.8. The molecule has 1 aromatic heterocycles. The van der Waals surface area contributed by atoms with Gasteiger partial charge in [-0.05, 0) is 31.8 Å². The van der Waals surface area contributed by atoms with Crippen molar-refractivity contribution in [2.75, 3.05) is 20.6 Å². The molecule has 2 N–H and O–H groups in total. The average Bonchev–Trinajstić information content (AvgIpc) is 2.37. The van der Waals surface area contributed by atoms with Gasteiger partial charge < -0.3 is 10.0 Å². The van der Waals surface area contributed by atoms with Gasteiger partial charge in [-0.15, -0.1) is 0 Å². The fraction of sp³-hybridized carbons (Fsp3) is 0.286. The molecule has 0 bridgehead atoms. The Morgan fingerprint density at radius 2 is 2.05 bits per heavy atom. The molecule has 21 heavy (non-hydrogen) atoms. The molecule has 2 rings (SSSR count). The van der Waals surface area contributed by atoms with E-state index in [0.29, 0.717) is 6.54 Å². The summed E-state index contributed by atoms with van der Waals surface area (Å²) in [7, 11) is 3.64. The maximum absolute atomic E-state index is 13.3. The van der Waals surface area contributed by atoms with E-state index >= 15 is 0 Å². The van der Waals surface area contributed by atoms with E-state index in [9.17, 15) is 19.1 Å². The average molecular weight is 293 g/mol. The molecule has 0 atom stereocenters. The molecule has 0 unspecified atom stereocenters. The summed E-state index contributed by atoms with van der Waals surface area (Å²) >= 11 is 0. The summed E-state index contributed by atoms with van der Waals surface area (Å²) in [6, 6.07) is 5.29. The van der Waals surface area contributed by atoms with Crippen molar-refractivity contribution in [3.8, 4) is 17.0 Å². The summed E-state index contributed by atoms with van der Waals surface area (Å²) in [4.78, 5) is 27.7. The number of likely N-dealkylation sites (N-methyl/N-ethyl adjacent to an activating group) is 1. The van der Waals surface area contributed by atoms with E-state index in [1.807, 2.05) is 19.0 Å². The smallest absolute Gasteiger partial charge is 0.331 e. The van der Waals surface area contributed by atoms with Crippen molar-refractivity contribution < 1.29 is 9.50 Å². The third kappa shape index (κ3) is 3.19. The third-order valence-electron chi connectivity index (χ3n) is 3.06. The van der Waals surface area contributed by atoms with E-state index < -0.39 is 22.9 Å². The molecule has 0 radical (unpaired) electrons. The Morgan fingerprint density at radius 1 is 1.33 bits per heavy atom. The molecule has 6 nitrogen and oxygen atoms in total. The van der Waals surface area contributed by atoms with Crippen LogP contribution in [0.2, 0.25) is 0 Å². The first kappa shape index (κ1) is 15.0. The van der Waals surface area contributed by atoms with Crippen LogP contribution in [0.4, 0.5) is 4.39 Å². The normalized spacial score (nSPS) is 11.0. The van der Waals surface area contributed by atoms with Gasteiger partial charge in [0.1, 0.15) is 11.4 Å². The van der Waals surface area contributed by atoms with Crippen molar-refractivity contribution in [1.82, 2.24) is 14.5 Å². The number of nitrogens with zero attached hydrogens (tertiary/aromatic N) is 2. The fourth-order valence-electron chi connectivity index (χ4n) is 1.97. The number of H-pyrrole nitrogens is 1. The quantitative estimate of drug-likeness (QED) is 0.866. The van der Waals surface area contributed by atoms with E-state index in [1.54, 1.807) is 0 Å². The van der Waals surface area contributed by atoms with E-state index in [0.717, 1.165) is 10.6 Å². The van der Waals surface area contributed by atoms with Crippen LogP contribution in [0, 0.1) is 5.82 Å². The van der Waals surface area contributed by atoms with Crippen molar-refractivity contribution in [2.24, 2.45) is 0 Å². The van der Waals surface area contributed by atoms with E-state index in [4.69, 9.17) is 0 Å². The molecule has 0 aliphatic rings. The molecular formula is C14H16FN3O3. The van der Waals surface area contributed by atoms with Crippen LogP contribution in [0.15, 0.2) is 33.9 Å². The summed E-state index contributed by atoms with van der Waals surface area (Å²) < 4.78 is 14.3. The van der Waals surface area contributed by atoms with Crippen LogP contribution in [-0.4, -0.2) is 40.2 Å². The summed E-state index contributed by atoms with van der Waals surface area (Å²) in [6.45, 7) is 0.707. The number of aromatic nitrogens is 2. The Kier molecular flexibility index (Phi) is 4.23. The highest BCUT2D eigenvalue weighted by atomic mass is 19.1. The number of nitrogens with one attached hydrogen (secondary N) is 1. The molecule has 1 heterocycles. The SMILES string of the molecule is CN(C)CCn1c(O)c(-c2cccc(F)c2)c(=O)[nH]c1=O. The Hall–Kier alpha value is -2.41. The molecule has 0 saturated heterocycles. The fourth-order valence-corrected chi connectivity index (χ4v) is 1.97. The highest BCUT2D eigenvalue weighted by Crippen LogP contribution is 2.24. The Bertz CT molecular complexity index is 765. The van der Waals surface area contributed by atoms with Gasteiger partial charge in [0.15, 0.2) is 0 Å². The maximum Gasteiger partial charge on any atom is 0.331 e. The highest BCUT2D eigenvalue weighted by molar-refractivity contribution is 5.67. The van der Waals surface area contributed by atoms with E-state index in [1.165, 1.54) is 18.2 Å². The molecule has 2 aromatic rings. The highest BCUT2D eigenvalue weighted by Gasteiger charge is 2.16. The van der Waals surface area contributed by atoms with Crippen LogP contribution in [0.25, 0.3) is 11.1 Å². The van der Waals surface area contributed by atoms with Gasteiger partial charge in [0.05, 0.1) is 0 Å². The zero-order chi connectivity index (χ0) is 15.6. The minimum Gasteiger partial charge on any atom is -0.494 e. The van der Waals surface area contributed by atoms with Crippen LogP contribution in [0.1, 0.15) is 0 Å². The lowest BCUT2D eigenvalue weighted by Crippen LogP contribution is -2.33. The molecule has 7 heteroatoms. The Balaban J connectivity index is 2.59. The van der Waals surface area contributed by atoms with Crippen molar-refractivity contribution in [3.63, 3.8) is 0 Å². The largest absolute Gasteiger partial charge is 0.494 e. The van der Waals surface area contributed by atoms with Crippen LogP contribution < -0.4 is 11.2 Å². The van der Waals surface area contributed by atoms with Gasteiger partial charge in [0.25, 0.3) is 5.56 Å². The maximum atomic E-state index is 13.3. The predicted octanol–water partition coefficient (Wildman–Crippen LogP) is 0.610. The Morgan fingerprint density at radius 3 is 2.67 bits per heavy atom. The number of aromatic hydroxyl groups is 1. The van der Waals surface area contributed by atoms with Crippen LogP contribution in [-0.2, 0) is 6.54 Å². The number of hydrogen-bond donors (Lipinski definition) is 2. The topological polar surface area (TPSA) is 78.3 Å². The van der Waals surface area contributed by atoms with Gasteiger partial charge in [0, 0.05) is 13.1 Å². The van der Waals surface area contributed by atoms with Crippen molar-refractivity contribution in [3.05, 3.63) is 50.9 Å². The van der Waals surface area contributed by atoms with Crippen molar-refractivity contribution in [2.45, 2.75) is 6.54 Å². The second-order valence-corrected chi connectivity index (χ2v) is 4.92.